The molecule has 0 unspecified atom stereocenters. The quantitative estimate of drug-likeness (QED) is 0.714. The molecule has 7 nitrogen and oxygen atoms in total. The maximum absolute atomic E-state index is 12.4. The predicted octanol–water partition coefficient (Wildman–Crippen LogP) is 0.820. The van der Waals surface area contributed by atoms with E-state index in [0.29, 0.717) is 17.1 Å². The molecule has 0 aliphatic heterocycles. The number of carbonyl (C=O) groups excluding carboxylic acids is 2. The van der Waals surface area contributed by atoms with Gasteiger partial charge in [-0.3, -0.25) is 9.59 Å². The Morgan fingerprint density at radius 1 is 1.21 bits per heavy atom. The third-order valence-corrected chi connectivity index (χ3v) is 4.17. The fourth-order valence-electron chi connectivity index (χ4n) is 2.68. The van der Waals surface area contributed by atoms with Crippen LogP contribution in [0.4, 0.5) is 0 Å². The summed E-state index contributed by atoms with van der Waals surface area (Å²) in [6.45, 7) is -0.110. The molecule has 2 amide bonds. The molecular formula is C17H25N3O4. The number of nitrogens with one attached hydrogen (secondary N) is 2. The highest BCUT2D eigenvalue weighted by Gasteiger charge is 2.21. The van der Waals surface area contributed by atoms with E-state index in [1.807, 2.05) is 0 Å². The van der Waals surface area contributed by atoms with Crippen LogP contribution in [0.3, 0.4) is 0 Å². The van der Waals surface area contributed by atoms with Crippen molar-refractivity contribution >= 4 is 11.8 Å². The number of hydrogen-bond donors (Lipinski definition) is 3. The zero-order chi connectivity index (χ0) is 17.5. The Morgan fingerprint density at radius 2 is 1.92 bits per heavy atom. The summed E-state index contributed by atoms with van der Waals surface area (Å²) >= 11 is 0. The monoisotopic (exact) mass is 335 g/mol. The van der Waals surface area contributed by atoms with Crippen LogP contribution in [0.2, 0.25) is 0 Å². The lowest BCUT2D eigenvalue weighted by molar-refractivity contribution is -0.122. The third kappa shape index (κ3) is 4.86. The minimum atomic E-state index is -0.241. The van der Waals surface area contributed by atoms with Gasteiger partial charge in [-0.2, -0.15) is 0 Å². The largest absolute Gasteiger partial charge is 0.493 e. The highest BCUT2D eigenvalue weighted by Crippen LogP contribution is 2.28. The first-order valence-electron chi connectivity index (χ1n) is 8.11. The Labute approximate surface area is 141 Å². The summed E-state index contributed by atoms with van der Waals surface area (Å²) in [5.41, 5.74) is 6.38. The van der Waals surface area contributed by atoms with Crippen molar-refractivity contribution in [2.24, 2.45) is 5.73 Å². The molecule has 7 heteroatoms. The lowest BCUT2D eigenvalue weighted by atomic mass is 9.91. The van der Waals surface area contributed by atoms with Gasteiger partial charge in [-0.15, -0.1) is 0 Å². The molecule has 1 fully saturated rings. The van der Waals surface area contributed by atoms with Crippen LogP contribution in [0.15, 0.2) is 18.2 Å². The lowest BCUT2D eigenvalue weighted by Crippen LogP contribution is -2.40. The van der Waals surface area contributed by atoms with Crippen molar-refractivity contribution < 1.29 is 19.1 Å². The number of ether oxygens (including phenoxy) is 2. The van der Waals surface area contributed by atoms with E-state index in [-0.39, 0.29) is 30.5 Å². The number of rotatable bonds is 6. The number of amides is 2. The Balaban J connectivity index is 1.99. The van der Waals surface area contributed by atoms with Gasteiger partial charge in [-0.1, -0.05) is 0 Å². The molecule has 0 spiro atoms. The van der Waals surface area contributed by atoms with E-state index in [0.717, 1.165) is 25.7 Å². The fourth-order valence-corrected chi connectivity index (χ4v) is 2.68. The molecule has 0 saturated heterocycles. The van der Waals surface area contributed by atoms with E-state index in [1.165, 1.54) is 14.2 Å². The first-order chi connectivity index (χ1) is 11.5. The Hall–Kier alpha value is -2.28. The second-order valence-electron chi connectivity index (χ2n) is 5.91. The second kappa shape index (κ2) is 8.54. The zero-order valence-corrected chi connectivity index (χ0v) is 14.1. The van der Waals surface area contributed by atoms with Crippen LogP contribution < -0.4 is 25.8 Å². The van der Waals surface area contributed by atoms with Crippen LogP contribution in [0, 0.1) is 0 Å². The molecule has 1 saturated carbocycles. The topological polar surface area (TPSA) is 103 Å². The Bertz CT molecular complexity index is 583. The van der Waals surface area contributed by atoms with E-state index in [4.69, 9.17) is 15.2 Å². The summed E-state index contributed by atoms with van der Waals surface area (Å²) in [5, 5.41) is 5.50. The molecule has 1 aliphatic rings. The summed E-state index contributed by atoms with van der Waals surface area (Å²) in [6, 6.07) is 5.31. The number of carbonyl (C=O) groups is 2. The molecule has 0 radical (unpaired) electrons. The molecule has 0 atom stereocenters. The van der Waals surface area contributed by atoms with Gasteiger partial charge in [0.05, 0.1) is 7.11 Å². The number of benzene rings is 1. The van der Waals surface area contributed by atoms with Gasteiger partial charge in [0.2, 0.25) is 0 Å². The van der Waals surface area contributed by atoms with Gasteiger partial charge in [0.15, 0.2) is 18.1 Å². The zero-order valence-electron chi connectivity index (χ0n) is 14.1. The minimum Gasteiger partial charge on any atom is -0.493 e. The first-order valence-corrected chi connectivity index (χ1v) is 8.11. The molecule has 0 heterocycles. The van der Waals surface area contributed by atoms with Gasteiger partial charge in [-0.05, 0) is 43.9 Å². The van der Waals surface area contributed by atoms with Crippen molar-refractivity contribution in [2.75, 3.05) is 20.8 Å². The molecule has 1 aromatic rings. The smallest absolute Gasteiger partial charge is 0.257 e. The van der Waals surface area contributed by atoms with Crippen molar-refractivity contribution in [3.8, 4) is 11.5 Å². The van der Waals surface area contributed by atoms with Gasteiger partial charge in [0.1, 0.15) is 0 Å². The summed E-state index contributed by atoms with van der Waals surface area (Å²) in [7, 11) is 3.03. The van der Waals surface area contributed by atoms with Crippen molar-refractivity contribution in [2.45, 2.75) is 37.8 Å². The van der Waals surface area contributed by atoms with E-state index < -0.39 is 0 Å². The van der Waals surface area contributed by atoms with Gasteiger partial charge in [-0.25, -0.2) is 0 Å². The molecule has 0 bridgehead atoms. The molecular weight excluding hydrogens is 310 g/mol. The molecule has 0 aromatic heterocycles. The van der Waals surface area contributed by atoms with Crippen molar-refractivity contribution in [1.82, 2.24) is 10.6 Å². The van der Waals surface area contributed by atoms with Crippen LogP contribution >= 0.6 is 0 Å². The van der Waals surface area contributed by atoms with E-state index >= 15 is 0 Å². The standard InChI is InChI=1S/C17H25N3O4/c1-19-16(21)10-24-14-8-3-11(9-15(14)23-2)17(22)20-13-6-4-12(18)5-7-13/h3,8-9,12-13H,4-7,10,18H2,1-2H3,(H,19,21)(H,20,22). The summed E-state index contributed by atoms with van der Waals surface area (Å²) < 4.78 is 10.6. The van der Waals surface area contributed by atoms with E-state index in [9.17, 15) is 9.59 Å². The summed E-state index contributed by atoms with van der Waals surface area (Å²) in [4.78, 5) is 23.6. The van der Waals surface area contributed by atoms with Crippen LogP contribution in [-0.4, -0.2) is 44.7 Å². The molecule has 24 heavy (non-hydrogen) atoms. The van der Waals surface area contributed by atoms with Crippen LogP contribution in [0.5, 0.6) is 11.5 Å². The molecule has 2 rings (SSSR count). The van der Waals surface area contributed by atoms with Crippen molar-refractivity contribution in [1.29, 1.82) is 0 Å². The van der Waals surface area contributed by atoms with Gasteiger partial charge in [0.25, 0.3) is 11.8 Å². The SMILES string of the molecule is CNC(=O)COc1ccc(C(=O)NC2CCC(N)CC2)cc1OC. The maximum atomic E-state index is 12.4. The predicted molar refractivity (Wildman–Crippen MR) is 90.3 cm³/mol. The third-order valence-electron chi connectivity index (χ3n) is 4.17. The Kier molecular flexibility index (Phi) is 6.43. The molecule has 132 valence electrons. The number of methoxy groups -OCH3 is 1. The average molecular weight is 335 g/mol. The molecule has 4 N–H and O–H groups in total. The normalized spacial score (nSPS) is 20.1. The Morgan fingerprint density at radius 3 is 2.54 bits per heavy atom. The molecule has 1 aliphatic carbocycles. The van der Waals surface area contributed by atoms with Crippen molar-refractivity contribution in [3.63, 3.8) is 0 Å². The molecule has 1 aromatic carbocycles. The van der Waals surface area contributed by atoms with Gasteiger partial charge >= 0.3 is 0 Å². The maximum Gasteiger partial charge on any atom is 0.257 e. The highest BCUT2D eigenvalue weighted by atomic mass is 16.5. The lowest BCUT2D eigenvalue weighted by Gasteiger charge is -2.26. The number of hydrogen-bond acceptors (Lipinski definition) is 5. The second-order valence-corrected chi connectivity index (χ2v) is 5.91. The fraction of sp³-hybridized carbons (Fsp3) is 0.529. The summed E-state index contributed by atoms with van der Waals surface area (Å²) in [6.07, 6.45) is 3.66. The van der Waals surface area contributed by atoms with Crippen LogP contribution in [-0.2, 0) is 4.79 Å². The van der Waals surface area contributed by atoms with Gasteiger partial charge in [0, 0.05) is 24.7 Å². The van der Waals surface area contributed by atoms with E-state index in [1.54, 1.807) is 18.2 Å². The average Bonchev–Trinajstić information content (AvgIpc) is 2.61. The van der Waals surface area contributed by atoms with Gasteiger partial charge < -0.3 is 25.8 Å². The minimum absolute atomic E-state index is 0.110. The number of likely N-dealkylation sites (N-methyl/N-ethyl adjacent to an activating group) is 1. The van der Waals surface area contributed by atoms with Crippen LogP contribution in [0.25, 0.3) is 0 Å². The van der Waals surface area contributed by atoms with E-state index in [2.05, 4.69) is 10.6 Å². The van der Waals surface area contributed by atoms with Crippen molar-refractivity contribution in [3.05, 3.63) is 23.8 Å². The highest BCUT2D eigenvalue weighted by molar-refractivity contribution is 5.95. The number of nitrogens with two attached hydrogens (primary N) is 1. The van der Waals surface area contributed by atoms with Crippen LogP contribution in [0.1, 0.15) is 36.0 Å². The first kappa shape index (κ1) is 18.1. The summed E-state index contributed by atoms with van der Waals surface area (Å²) in [5.74, 6) is 0.444.